The number of rotatable bonds is 7. The van der Waals surface area contributed by atoms with Gasteiger partial charge in [0.2, 0.25) is 0 Å². The number of carbonyl (C=O) groups excluding carboxylic acids is 1. The maximum atomic E-state index is 12.2. The Hall–Kier alpha value is -2.03. The maximum absolute atomic E-state index is 12.2. The van der Waals surface area contributed by atoms with Gasteiger partial charge in [0.25, 0.3) is 5.91 Å². The third-order valence-electron chi connectivity index (χ3n) is 4.99. The molecule has 7 nitrogen and oxygen atoms in total. The highest BCUT2D eigenvalue weighted by Crippen LogP contribution is 2.24. The molecule has 0 aromatic carbocycles. The lowest BCUT2D eigenvalue weighted by molar-refractivity contribution is 0.0930. The van der Waals surface area contributed by atoms with Crippen LogP contribution in [0.2, 0.25) is 0 Å². The number of anilines is 1. The molecular weight excluding hydrogens is 372 g/mol. The molecule has 1 amide bonds. The van der Waals surface area contributed by atoms with E-state index < -0.39 is 0 Å². The molecule has 0 aliphatic carbocycles. The van der Waals surface area contributed by atoms with E-state index in [-0.39, 0.29) is 5.91 Å². The number of amides is 1. The fraction of sp³-hybridized carbons (Fsp3) is 0.550. The van der Waals surface area contributed by atoms with Gasteiger partial charge in [-0.25, -0.2) is 4.98 Å². The highest BCUT2D eigenvalue weighted by atomic mass is 32.1. The smallest absolute Gasteiger partial charge is 0.269 e. The van der Waals surface area contributed by atoms with E-state index in [1.807, 2.05) is 11.3 Å². The van der Waals surface area contributed by atoms with Crippen molar-refractivity contribution < 1.29 is 4.79 Å². The van der Waals surface area contributed by atoms with E-state index in [9.17, 15) is 4.79 Å². The summed E-state index contributed by atoms with van der Waals surface area (Å²) in [5.74, 6) is 0.355. The van der Waals surface area contributed by atoms with Crippen molar-refractivity contribution >= 4 is 22.9 Å². The molecule has 1 fully saturated rings. The Morgan fingerprint density at radius 2 is 2.14 bits per heavy atom. The quantitative estimate of drug-likeness (QED) is 0.738. The Balaban J connectivity index is 1.45. The molecule has 1 aliphatic heterocycles. The van der Waals surface area contributed by atoms with E-state index in [1.165, 1.54) is 10.6 Å². The zero-order valence-electron chi connectivity index (χ0n) is 16.9. The lowest BCUT2D eigenvalue weighted by Crippen LogP contribution is -2.38. The minimum atomic E-state index is -0.150. The third kappa shape index (κ3) is 5.73. The lowest BCUT2D eigenvalue weighted by Gasteiger charge is -2.31. The number of carbonyl (C=O) groups is 1. The molecule has 8 heteroatoms. The first-order chi connectivity index (χ1) is 13.4. The van der Waals surface area contributed by atoms with Gasteiger partial charge in [0.05, 0.1) is 10.7 Å². The number of nitrogens with zero attached hydrogens (tertiary/aromatic N) is 4. The molecule has 3 heterocycles. The molecule has 152 valence electrons. The number of nitrogens with two attached hydrogens (primary N) is 1. The van der Waals surface area contributed by atoms with Crippen LogP contribution in [-0.4, -0.2) is 59.4 Å². The van der Waals surface area contributed by atoms with Gasteiger partial charge in [0.1, 0.15) is 5.69 Å². The molecule has 2 aromatic heterocycles. The molecule has 0 radical (unpaired) electrons. The second-order valence-electron chi connectivity index (χ2n) is 7.74. The van der Waals surface area contributed by atoms with Crippen LogP contribution in [0.15, 0.2) is 18.3 Å². The van der Waals surface area contributed by atoms with Gasteiger partial charge >= 0.3 is 0 Å². The third-order valence-corrected chi connectivity index (χ3v) is 5.99. The Labute approximate surface area is 171 Å². The number of thiazole rings is 1. The number of aryl methyl sites for hydroxylation is 1. The molecule has 0 bridgehead atoms. The number of nitrogen functional groups attached to an aromatic ring is 1. The molecule has 0 unspecified atom stereocenters. The topological polar surface area (TPSA) is 87.4 Å². The van der Waals surface area contributed by atoms with Gasteiger partial charge in [0.15, 0.2) is 0 Å². The molecule has 0 spiro atoms. The van der Waals surface area contributed by atoms with Crippen LogP contribution in [0.5, 0.6) is 0 Å². The van der Waals surface area contributed by atoms with Crippen LogP contribution in [0.4, 0.5) is 5.69 Å². The number of hydrogen-bond donors (Lipinski definition) is 2. The summed E-state index contributed by atoms with van der Waals surface area (Å²) in [6.07, 6.45) is 3.74. The fourth-order valence-electron chi connectivity index (χ4n) is 3.51. The van der Waals surface area contributed by atoms with Gasteiger partial charge in [-0.2, -0.15) is 0 Å². The number of piperidine rings is 1. The van der Waals surface area contributed by atoms with E-state index in [4.69, 9.17) is 10.7 Å². The molecule has 28 heavy (non-hydrogen) atoms. The van der Waals surface area contributed by atoms with Crippen molar-refractivity contribution in [2.24, 2.45) is 5.92 Å². The number of likely N-dealkylation sites (tertiary alicyclic amines) is 1. The fourth-order valence-corrected chi connectivity index (χ4v) is 4.50. The highest BCUT2D eigenvalue weighted by molar-refractivity contribution is 7.11. The van der Waals surface area contributed by atoms with Crippen molar-refractivity contribution in [3.8, 4) is 0 Å². The first-order valence-electron chi connectivity index (χ1n) is 9.72. The first-order valence-corrected chi connectivity index (χ1v) is 10.5. The van der Waals surface area contributed by atoms with Gasteiger partial charge < -0.3 is 16.0 Å². The van der Waals surface area contributed by atoms with Crippen molar-refractivity contribution in [1.29, 1.82) is 0 Å². The van der Waals surface area contributed by atoms with Gasteiger partial charge in [0, 0.05) is 36.4 Å². The Morgan fingerprint density at radius 1 is 1.39 bits per heavy atom. The monoisotopic (exact) mass is 402 g/mol. The van der Waals surface area contributed by atoms with Gasteiger partial charge in [-0.05, 0) is 65.0 Å². The Bertz CT molecular complexity index is 798. The van der Waals surface area contributed by atoms with Crippen LogP contribution in [-0.2, 0) is 13.1 Å². The SMILES string of the molecule is Cc1nc(CN(C)C)c(CN2CCC(CNC(=O)c3cc(N)ccn3)CC2)s1. The second-order valence-corrected chi connectivity index (χ2v) is 9.03. The first kappa shape index (κ1) is 20.7. The Kier molecular flexibility index (Phi) is 6.98. The summed E-state index contributed by atoms with van der Waals surface area (Å²) in [4.78, 5) is 27.1. The van der Waals surface area contributed by atoms with Crippen molar-refractivity contribution in [1.82, 2.24) is 25.1 Å². The van der Waals surface area contributed by atoms with Crippen molar-refractivity contribution in [3.63, 3.8) is 0 Å². The number of pyridine rings is 1. The number of hydrogen-bond acceptors (Lipinski definition) is 7. The molecule has 3 N–H and O–H groups in total. The second kappa shape index (κ2) is 9.45. The molecule has 1 aliphatic rings. The highest BCUT2D eigenvalue weighted by Gasteiger charge is 2.22. The average molecular weight is 403 g/mol. The van der Waals surface area contributed by atoms with E-state index in [1.54, 1.807) is 18.3 Å². The molecule has 0 atom stereocenters. The normalized spacial score (nSPS) is 15.9. The lowest BCUT2D eigenvalue weighted by atomic mass is 9.96. The van der Waals surface area contributed by atoms with Crippen LogP contribution in [0.3, 0.4) is 0 Å². The summed E-state index contributed by atoms with van der Waals surface area (Å²) >= 11 is 1.81. The predicted molar refractivity (Wildman–Crippen MR) is 113 cm³/mol. The summed E-state index contributed by atoms with van der Waals surface area (Å²) < 4.78 is 0. The zero-order valence-corrected chi connectivity index (χ0v) is 17.8. The largest absolute Gasteiger partial charge is 0.399 e. The van der Waals surface area contributed by atoms with Gasteiger partial charge in [-0.3, -0.25) is 14.7 Å². The summed E-state index contributed by atoms with van der Waals surface area (Å²) in [5, 5.41) is 4.14. The van der Waals surface area contributed by atoms with E-state index in [2.05, 4.69) is 41.1 Å². The zero-order chi connectivity index (χ0) is 20.1. The van der Waals surface area contributed by atoms with Crippen molar-refractivity contribution in [2.75, 3.05) is 39.5 Å². The van der Waals surface area contributed by atoms with Crippen LogP contribution in [0.1, 0.15) is 38.9 Å². The van der Waals surface area contributed by atoms with Crippen LogP contribution < -0.4 is 11.1 Å². The van der Waals surface area contributed by atoms with E-state index in [0.717, 1.165) is 44.0 Å². The predicted octanol–water partition coefficient (Wildman–Crippen LogP) is 2.13. The van der Waals surface area contributed by atoms with Crippen LogP contribution in [0, 0.1) is 12.8 Å². The van der Waals surface area contributed by atoms with Crippen molar-refractivity contribution in [2.45, 2.75) is 32.9 Å². The average Bonchev–Trinajstić information content (AvgIpc) is 2.99. The summed E-state index contributed by atoms with van der Waals surface area (Å²) in [5.41, 5.74) is 7.86. The standard InChI is InChI=1S/C20H30N6OS/c1-14-24-18(12-25(2)3)19(28-14)13-26-8-5-15(6-9-26)11-23-20(27)17-10-16(21)4-7-22-17/h4,7,10,15H,5-6,8-9,11-13H2,1-3H3,(H2,21,22)(H,23,27). The molecule has 1 saturated heterocycles. The summed E-state index contributed by atoms with van der Waals surface area (Å²) in [6.45, 7) is 6.73. The number of aromatic nitrogens is 2. The van der Waals surface area contributed by atoms with Gasteiger partial charge in [-0.15, -0.1) is 11.3 Å². The number of nitrogens with one attached hydrogen (secondary N) is 1. The minimum Gasteiger partial charge on any atom is -0.399 e. The molecule has 0 saturated carbocycles. The van der Waals surface area contributed by atoms with Gasteiger partial charge in [-0.1, -0.05) is 0 Å². The molecule has 2 aromatic rings. The minimum absolute atomic E-state index is 0.150. The van der Waals surface area contributed by atoms with Crippen molar-refractivity contribution in [3.05, 3.63) is 39.6 Å². The maximum Gasteiger partial charge on any atom is 0.269 e. The summed E-state index contributed by atoms with van der Waals surface area (Å²) in [6, 6.07) is 3.29. The van der Waals surface area contributed by atoms with Crippen LogP contribution >= 0.6 is 11.3 Å². The van der Waals surface area contributed by atoms with Crippen LogP contribution in [0.25, 0.3) is 0 Å². The van der Waals surface area contributed by atoms with E-state index in [0.29, 0.717) is 23.8 Å². The molecular formula is C20H30N6OS. The molecule has 3 rings (SSSR count). The Morgan fingerprint density at radius 3 is 2.82 bits per heavy atom. The van der Waals surface area contributed by atoms with E-state index >= 15 is 0 Å². The summed E-state index contributed by atoms with van der Waals surface area (Å²) in [7, 11) is 4.16.